The van der Waals surface area contributed by atoms with E-state index >= 15 is 0 Å². The molecule has 0 aliphatic heterocycles. The van der Waals surface area contributed by atoms with Crippen LogP contribution in [0.4, 0.5) is 0 Å². The monoisotopic (exact) mass is 333 g/mol. The molecular formula is C16H16ClN3O3. The van der Waals surface area contributed by atoms with Crippen molar-refractivity contribution in [2.24, 2.45) is 5.73 Å². The minimum absolute atomic E-state index is 0.376. The third-order valence-corrected chi connectivity index (χ3v) is 3.49. The van der Waals surface area contributed by atoms with E-state index in [-0.39, 0.29) is 0 Å². The highest BCUT2D eigenvalue weighted by Gasteiger charge is 2.15. The van der Waals surface area contributed by atoms with Crippen molar-refractivity contribution in [1.29, 1.82) is 0 Å². The maximum atomic E-state index is 11.6. The molecule has 2 aromatic rings. The van der Waals surface area contributed by atoms with E-state index in [0.29, 0.717) is 16.4 Å². The van der Waals surface area contributed by atoms with Gasteiger partial charge in [0.15, 0.2) is 6.10 Å². The highest BCUT2D eigenvalue weighted by atomic mass is 35.5. The number of hydrogen-bond acceptors (Lipinski definition) is 4. The minimum atomic E-state index is -0.990. The van der Waals surface area contributed by atoms with Gasteiger partial charge in [-0.1, -0.05) is 29.8 Å². The van der Waals surface area contributed by atoms with Crippen molar-refractivity contribution in [1.82, 2.24) is 9.78 Å². The first kappa shape index (κ1) is 16.8. The maximum Gasteiger partial charge on any atom is 0.331 e. The summed E-state index contributed by atoms with van der Waals surface area (Å²) < 4.78 is 6.41. The number of ether oxygens (including phenoxy) is 1. The summed E-state index contributed by atoms with van der Waals surface area (Å²) in [5.74, 6) is -1.39. The number of hydrogen-bond donors (Lipinski definition) is 1. The zero-order chi connectivity index (χ0) is 17.0. The van der Waals surface area contributed by atoms with Gasteiger partial charge in [-0.2, -0.15) is 5.10 Å². The quantitative estimate of drug-likeness (QED) is 0.671. The molecule has 0 fully saturated rings. The molecule has 0 radical (unpaired) electrons. The van der Waals surface area contributed by atoms with E-state index < -0.39 is 18.0 Å². The number of aryl methyl sites for hydroxylation is 1. The second-order valence-corrected chi connectivity index (χ2v) is 5.21. The van der Waals surface area contributed by atoms with Crippen LogP contribution in [0.2, 0.25) is 5.15 Å². The molecule has 1 amide bonds. The number of carbonyl (C=O) groups is 2. The smallest absolute Gasteiger partial charge is 0.331 e. The number of rotatable bonds is 5. The number of benzene rings is 1. The van der Waals surface area contributed by atoms with Crippen LogP contribution >= 0.6 is 11.6 Å². The van der Waals surface area contributed by atoms with Crippen LogP contribution in [0, 0.1) is 6.92 Å². The zero-order valence-electron chi connectivity index (χ0n) is 12.7. The van der Waals surface area contributed by atoms with Crippen LogP contribution < -0.4 is 5.73 Å². The van der Waals surface area contributed by atoms with Gasteiger partial charge in [0.1, 0.15) is 5.15 Å². The molecule has 2 rings (SSSR count). The Balaban J connectivity index is 2.21. The third-order valence-electron chi connectivity index (χ3n) is 3.13. The van der Waals surface area contributed by atoms with Gasteiger partial charge >= 0.3 is 5.97 Å². The predicted octanol–water partition coefficient (Wildman–Crippen LogP) is 2.26. The van der Waals surface area contributed by atoms with Crippen LogP contribution in [0.5, 0.6) is 0 Å². The first-order valence-corrected chi connectivity index (χ1v) is 7.26. The van der Waals surface area contributed by atoms with Crippen molar-refractivity contribution < 1.29 is 14.3 Å². The fourth-order valence-electron chi connectivity index (χ4n) is 1.86. The molecule has 23 heavy (non-hydrogen) atoms. The van der Waals surface area contributed by atoms with Crippen molar-refractivity contribution in [3.05, 3.63) is 52.8 Å². The van der Waals surface area contributed by atoms with Crippen LogP contribution in [0.3, 0.4) is 0 Å². The van der Waals surface area contributed by atoms with Crippen LogP contribution in [0.1, 0.15) is 18.2 Å². The molecule has 7 heteroatoms. The third kappa shape index (κ3) is 3.98. The Kier molecular flexibility index (Phi) is 5.18. The average Bonchev–Trinajstić information content (AvgIpc) is 2.80. The number of nitrogens with two attached hydrogens (primary N) is 1. The topological polar surface area (TPSA) is 87.2 Å². The van der Waals surface area contributed by atoms with Gasteiger partial charge in [0.2, 0.25) is 0 Å². The summed E-state index contributed by atoms with van der Waals surface area (Å²) in [5.41, 5.74) is 7.10. The lowest BCUT2D eigenvalue weighted by Crippen LogP contribution is -2.29. The standard InChI is InChI=1S/C16H16ClN3O3/c1-10-13(8-9-14(21)23-11(2)16(18)22)15(17)20(19-10)12-6-4-3-5-7-12/h3-9,11H,1-2H3,(H2,18,22)/b9-8+/t11-/m1/s1. The number of amides is 1. The van der Waals surface area contributed by atoms with Gasteiger partial charge < -0.3 is 10.5 Å². The van der Waals surface area contributed by atoms with Gasteiger partial charge in [-0.3, -0.25) is 4.79 Å². The fraction of sp³-hybridized carbons (Fsp3) is 0.188. The molecule has 0 bridgehead atoms. The number of carbonyl (C=O) groups excluding carboxylic acids is 2. The van der Waals surface area contributed by atoms with E-state index in [1.165, 1.54) is 19.1 Å². The molecule has 1 aromatic heterocycles. The Morgan fingerprint density at radius 1 is 1.35 bits per heavy atom. The van der Waals surface area contributed by atoms with E-state index in [1.807, 2.05) is 30.3 Å². The lowest BCUT2D eigenvalue weighted by Gasteiger charge is -2.06. The highest BCUT2D eigenvalue weighted by Crippen LogP contribution is 2.24. The number of nitrogens with zero attached hydrogens (tertiary/aromatic N) is 2. The first-order valence-electron chi connectivity index (χ1n) is 6.88. The SMILES string of the molecule is Cc1nn(-c2ccccc2)c(Cl)c1/C=C/C(=O)O[C@H](C)C(N)=O. The Bertz CT molecular complexity index is 753. The molecule has 0 spiro atoms. The summed E-state index contributed by atoms with van der Waals surface area (Å²) in [6, 6.07) is 9.38. The molecule has 0 saturated carbocycles. The molecule has 1 atom stereocenters. The number of para-hydroxylation sites is 1. The van der Waals surface area contributed by atoms with E-state index in [1.54, 1.807) is 11.6 Å². The van der Waals surface area contributed by atoms with Gasteiger partial charge in [0, 0.05) is 11.6 Å². The largest absolute Gasteiger partial charge is 0.449 e. The van der Waals surface area contributed by atoms with Crippen molar-refractivity contribution in [3.63, 3.8) is 0 Å². The molecule has 120 valence electrons. The molecule has 1 aromatic carbocycles. The van der Waals surface area contributed by atoms with Crippen molar-refractivity contribution in [2.45, 2.75) is 20.0 Å². The van der Waals surface area contributed by atoms with Gasteiger partial charge in [0.25, 0.3) is 5.91 Å². The predicted molar refractivity (Wildman–Crippen MR) is 87.1 cm³/mol. The lowest BCUT2D eigenvalue weighted by molar-refractivity contribution is -0.148. The number of aromatic nitrogens is 2. The zero-order valence-corrected chi connectivity index (χ0v) is 13.4. The molecule has 2 N–H and O–H groups in total. The Morgan fingerprint density at radius 2 is 2.00 bits per heavy atom. The average molecular weight is 334 g/mol. The second kappa shape index (κ2) is 7.11. The maximum absolute atomic E-state index is 11.6. The number of primary amides is 1. The number of esters is 1. The summed E-state index contributed by atoms with van der Waals surface area (Å²) in [5, 5.41) is 4.73. The van der Waals surface area contributed by atoms with Crippen LogP contribution in [0.25, 0.3) is 11.8 Å². The summed E-state index contributed by atoms with van der Waals surface area (Å²) in [6.07, 6.45) is 1.70. The Morgan fingerprint density at radius 3 is 2.61 bits per heavy atom. The molecule has 0 aliphatic carbocycles. The van der Waals surface area contributed by atoms with E-state index in [2.05, 4.69) is 5.10 Å². The molecular weight excluding hydrogens is 318 g/mol. The molecule has 6 nitrogen and oxygen atoms in total. The first-order chi connectivity index (χ1) is 10.9. The van der Waals surface area contributed by atoms with Gasteiger partial charge in [0.05, 0.1) is 11.4 Å². The van der Waals surface area contributed by atoms with Crippen LogP contribution in [-0.4, -0.2) is 27.8 Å². The molecule has 0 saturated heterocycles. The van der Waals surface area contributed by atoms with Gasteiger partial charge in [-0.15, -0.1) is 0 Å². The van der Waals surface area contributed by atoms with Crippen LogP contribution in [-0.2, 0) is 14.3 Å². The van der Waals surface area contributed by atoms with Gasteiger partial charge in [-0.05, 0) is 32.1 Å². The highest BCUT2D eigenvalue weighted by molar-refractivity contribution is 6.31. The summed E-state index contributed by atoms with van der Waals surface area (Å²) in [4.78, 5) is 22.5. The molecule has 0 aliphatic rings. The Labute approximate surface area is 138 Å². The van der Waals surface area contributed by atoms with Crippen molar-refractivity contribution in [3.8, 4) is 5.69 Å². The van der Waals surface area contributed by atoms with Crippen molar-refractivity contribution in [2.75, 3.05) is 0 Å². The van der Waals surface area contributed by atoms with Crippen molar-refractivity contribution >= 4 is 29.6 Å². The van der Waals surface area contributed by atoms with Gasteiger partial charge in [-0.25, -0.2) is 9.48 Å². The minimum Gasteiger partial charge on any atom is -0.449 e. The van der Waals surface area contributed by atoms with Crippen LogP contribution in [0.15, 0.2) is 36.4 Å². The summed E-state index contributed by atoms with van der Waals surface area (Å²) >= 11 is 6.33. The van der Waals surface area contributed by atoms with E-state index in [4.69, 9.17) is 22.1 Å². The Hall–Kier alpha value is -2.60. The van der Waals surface area contributed by atoms with E-state index in [9.17, 15) is 9.59 Å². The summed E-state index contributed by atoms with van der Waals surface area (Å²) in [7, 11) is 0. The normalized spacial score (nSPS) is 12.3. The second-order valence-electron chi connectivity index (χ2n) is 4.85. The molecule has 0 unspecified atom stereocenters. The lowest BCUT2D eigenvalue weighted by atomic mass is 10.2. The molecule has 1 heterocycles. The van der Waals surface area contributed by atoms with E-state index in [0.717, 1.165) is 5.69 Å². The summed E-state index contributed by atoms with van der Waals surface area (Å²) in [6.45, 7) is 3.18. The fourth-order valence-corrected chi connectivity index (χ4v) is 2.20. The number of halogens is 1.